The van der Waals surface area contributed by atoms with Gasteiger partial charge in [-0.05, 0) is 36.1 Å². The highest BCUT2D eigenvalue weighted by molar-refractivity contribution is 7.10. The van der Waals surface area contributed by atoms with Gasteiger partial charge in [0, 0.05) is 4.88 Å². The van der Waals surface area contributed by atoms with E-state index in [9.17, 15) is 9.59 Å². The molecule has 2 aromatic heterocycles. The van der Waals surface area contributed by atoms with E-state index in [-0.39, 0.29) is 17.6 Å². The summed E-state index contributed by atoms with van der Waals surface area (Å²) in [5, 5.41) is 4.93. The van der Waals surface area contributed by atoms with Gasteiger partial charge in [0.2, 0.25) is 5.91 Å². The van der Waals surface area contributed by atoms with E-state index in [1.54, 1.807) is 11.3 Å². The number of rotatable bonds is 4. The number of fused-ring (bicyclic) bond motifs is 1. The summed E-state index contributed by atoms with van der Waals surface area (Å²) < 4.78 is 0. The van der Waals surface area contributed by atoms with Gasteiger partial charge < -0.3 is 15.3 Å². The summed E-state index contributed by atoms with van der Waals surface area (Å²) in [6.07, 6.45) is 0.394. The lowest BCUT2D eigenvalue weighted by Crippen LogP contribution is -2.27. The predicted octanol–water partition coefficient (Wildman–Crippen LogP) is 2.34. The number of hydrogen-bond acceptors (Lipinski definition) is 3. The van der Waals surface area contributed by atoms with Crippen LogP contribution in [0.2, 0.25) is 0 Å². The van der Waals surface area contributed by atoms with Crippen molar-refractivity contribution in [1.82, 2.24) is 15.3 Å². The Labute approximate surface area is 125 Å². The first-order chi connectivity index (χ1) is 10.1. The van der Waals surface area contributed by atoms with Crippen molar-refractivity contribution in [2.45, 2.75) is 19.4 Å². The van der Waals surface area contributed by atoms with Crippen molar-refractivity contribution in [3.05, 3.63) is 56.6 Å². The highest BCUT2D eigenvalue weighted by atomic mass is 32.1. The summed E-state index contributed by atoms with van der Waals surface area (Å²) in [7, 11) is 0. The summed E-state index contributed by atoms with van der Waals surface area (Å²) in [6, 6.07) is 9.40. The molecule has 6 heteroatoms. The summed E-state index contributed by atoms with van der Waals surface area (Å²) in [6.45, 7) is 1.93. The number of H-pyrrole nitrogens is 2. The number of nitrogens with one attached hydrogen (secondary N) is 3. The van der Waals surface area contributed by atoms with Crippen LogP contribution < -0.4 is 11.0 Å². The zero-order valence-corrected chi connectivity index (χ0v) is 12.3. The van der Waals surface area contributed by atoms with Crippen LogP contribution >= 0.6 is 11.3 Å². The average Bonchev–Trinajstić information content (AvgIpc) is 3.05. The number of amides is 1. The fraction of sp³-hybridized carbons (Fsp3) is 0.200. The predicted molar refractivity (Wildman–Crippen MR) is 83.5 cm³/mol. The van der Waals surface area contributed by atoms with Gasteiger partial charge in [-0.15, -0.1) is 11.3 Å². The van der Waals surface area contributed by atoms with Gasteiger partial charge in [0.1, 0.15) is 0 Å². The summed E-state index contributed by atoms with van der Waals surface area (Å²) in [4.78, 5) is 29.7. The van der Waals surface area contributed by atoms with E-state index in [0.29, 0.717) is 6.42 Å². The largest absolute Gasteiger partial charge is 0.349 e. The van der Waals surface area contributed by atoms with Gasteiger partial charge in [0.15, 0.2) is 0 Å². The highest BCUT2D eigenvalue weighted by Gasteiger charge is 2.11. The molecule has 5 nitrogen and oxygen atoms in total. The zero-order chi connectivity index (χ0) is 14.8. The minimum atomic E-state index is -0.225. The Morgan fingerprint density at radius 2 is 2.10 bits per heavy atom. The Balaban J connectivity index is 1.72. The molecular weight excluding hydrogens is 286 g/mol. The number of imidazole rings is 1. The van der Waals surface area contributed by atoms with Crippen molar-refractivity contribution in [3.8, 4) is 0 Å². The monoisotopic (exact) mass is 301 g/mol. The zero-order valence-electron chi connectivity index (χ0n) is 11.5. The number of hydrogen-bond donors (Lipinski definition) is 3. The maximum atomic E-state index is 12.0. The summed E-state index contributed by atoms with van der Waals surface area (Å²) in [5.41, 5.74) is 2.24. The fourth-order valence-electron chi connectivity index (χ4n) is 2.27. The van der Waals surface area contributed by atoms with Crippen LogP contribution in [-0.4, -0.2) is 15.9 Å². The second-order valence-electron chi connectivity index (χ2n) is 4.93. The van der Waals surface area contributed by atoms with E-state index in [1.807, 2.05) is 42.6 Å². The van der Waals surface area contributed by atoms with E-state index in [1.165, 1.54) is 0 Å². The molecule has 3 aromatic rings. The summed E-state index contributed by atoms with van der Waals surface area (Å²) >= 11 is 1.57. The lowest BCUT2D eigenvalue weighted by molar-refractivity contribution is -0.121. The topological polar surface area (TPSA) is 77.8 Å². The SMILES string of the molecule is CC(NC(=O)Cc1cccs1)c1ccc2[nH]c(=O)[nH]c2c1. The standard InChI is InChI=1S/C15H15N3O2S/c1-9(16-14(19)8-11-3-2-6-21-11)10-4-5-12-13(7-10)18-15(20)17-12/h2-7,9H,8H2,1H3,(H,16,19)(H2,17,18,20). The van der Waals surface area contributed by atoms with Crippen molar-refractivity contribution in [3.63, 3.8) is 0 Å². The third kappa shape index (κ3) is 3.05. The van der Waals surface area contributed by atoms with Crippen molar-refractivity contribution in [2.75, 3.05) is 0 Å². The maximum absolute atomic E-state index is 12.0. The number of aromatic nitrogens is 2. The first-order valence-electron chi connectivity index (χ1n) is 6.65. The molecule has 0 saturated carbocycles. The van der Waals surface area contributed by atoms with E-state index < -0.39 is 0 Å². The molecule has 0 spiro atoms. The van der Waals surface area contributed by atoms with Crippen LogP contribution in [0.5, 0.6) is 0 Å². The van der Waals surface area contributed by atoms with Crippen molar-refractivity contribution in [1.29, 1.82) is 0 Å². The van der Waals surface area contributed by atoms with Gasteiger partial charge in [-0.3, -0.25) is 4.79 Å². The van der Waals surface area contributed by atoms with Gasteiger partial charge in [0.05, 0.1) is 23.5 Å². The minimum absolute atomic E-state index is 0.00684. The molecule has 1 amide bonds. The Morgan fingerprint density at radius 1 is 1.29 bits per heavy atom. The van der Waals surface area contributed by atoms with E-state index in [2.05, 4.69) is 15.3 Å². The Kier molecular flexibility index (Phi) is 3.62. The molecule has 3 rings (SSSR count). The minimum Gasteiger partial charge on any atom is -0.349 e. The van der Waals surface area contributed by atoms with Crippen LogP contribution in [0.3, 0.4) is 0 Å². The summed E-state index contributed by atoms with van der Waals surface area (Å²) in [5.74, 6) is -0.00684. The lowest BCUT2D eigenvalue weighted by Gasteiger charge is -2.14. The molecule has 0 fully saturated rings. The molecule has 1 atom stereocenters. The van der Waals surface area contributed by atoms with Crippen LogP contribution in [0.1, 0.15) is 23.4 Å². The lowest BCUT2D eigenvalue weighted by atomic mass is 10.1. The molecule has 2 heterocycles. The van der Waals surface area contributed by atoms with E-state index in [0.717, 1.165) is 21.5 Å². The fourth-order valence-corrected chi connectivity index (χ4v) is 2.97. The van der Waals surface area contributed by atoms with E-state index >= 15 is 0 Å². The third-order valence-electron chi connectivity index (χ3n) is 3.33. The van der Waals surface area contributed by atoms with Crippen molar-refractivity contribution in [2.24, 2.45) is 0 Å². The first kappa shape index (κ1) is 13.6. The normalized spacial score (nSPS) is 12.4. The van der Waals surface area contributed by atoms with Gasteiger partial charge in [0.25, 0.3) is 0 Å². The molecule has 21 heavy (non-hydrogen) atoms. The molecule has 0 aliphatic carbocycles. The molecule has 0 saturated heterocycles. The van der Waals surface area contributed by atoms with E-state index in [4.69, 9.17) is 0 Å². The van der Waals surface area contributed by atoms with Crippen LogP contribution in [0.4, 0.5) is 0 Å². The Hall–Kier alpha value is -2.34. The first-order valence-corrected chi connectivity index (χ1v) is 7.53. The molecule has 3 N–H and O–H groups in total. The maximum Gasteiger partial charge on any atom is 0.323 e. The van der Waals surface area contributed by atoms with Gasteiger partial charge in [-0.2, -0.15) is 0 Å². The number of benzene rings is 1. The molecular formula is C15H15N3O2S. The number of thiophene rings is 1. The Morgan fingerprint density at radius 3 is 2.86 bits per heavy atom. The molecule has 108 valence electrons. The number of aromatic amines is 2. The second kappa shape index (κ2) is 5.57. The molecule has 0 bridgehead atoms. The second-order valence-corrected chi connectivity index (χ2v) is 5.96. The molecule has 0 aliphatic rings. The number of carbonyl (C=O) groups is 1. The molecule has 1 unspecified atom stereocenters. The highest BCUT2D eigenvalue weighted by Crippen LogP contribution is 2.17. The molecule has 1 aromatic carbocycles. The van der Waals surface area contributed by atoms with Crippen molar-refractivity contribution < 1.29 is 4.79 Å². The third-order valence-corrected chi connectivity index (χ3v) is 4.21. The van der Waals surface area contributed by atoms with Gasteiger partial charge in [-0.25, -0.2) is 4.79 Å². The molecule has 0 aliphatic heterocycles. The van der Waals surface area contributed by atoms with Crippen LogP contribution in [-0.2, 0) is 11.2 Å². The molecule has 0 radical (unpaired) electrons. The van der Waals surface area contributed by atoms with Crippen molar-refractivity contribution >= 4 is 28.3 Å². The van der Waals surface area contributed by atoms with Crippen LogP contribution in [0.15, 0.2) is 40.5 Å². The average molecular weight is 301 g/mol. The van der Waals surface area contributed by atoms with Gasteiger partial charge in [-0.1, -0.05) is 12.1 Å². The van der Waals surface area contributed by atoms with Crippen LogP contribution in [0, 0.1) is 0 Å². The smallest absolute Gasteiger partial charge is 0.323 e. The van der Waals surface area contributed by atoms with Crippen LogP contribution in [0.25, 0.3) is 11.0 Å². The Bertz CT molecular complexity index is 817. The van der Waals surface area contributed by atoms with Gasteiger partial charge >= 0.3 is 5.69 Å². The quantitative estimate of drug-likeness (QED) is 0.691. The number of carbonyl (C=O) groups excluding carboxylic acids is 1.